The number of nitrogens with one attached hydrogen (secondary N) is 2. The molecule has 1 saturated carbocycles. The van der Waals surface area contributed by atoms with Crippen molar-refractivity contribution in [3.63, 3.8) is 0 Å². The van der Waals surface area contributed by atoms with E-state index in [0.717, 1.165) is 51.9 Å². The van der Waals surface area contributed by atoms with Crippen molar-refractivity contribution in [2.24, 2.45) is 29.4 Å². The van der Waals surface area contributed by atoms with Gasteiger partial charge in [-0.15, -0.1) is 0 Å². The highest BCUT2D eigenvalue weighted by atomic mass is 16.2. The van der Waals surface area contributed by atoms with E-state index in [2.05, 4.69) is 59.7 Å². The number of nitrogens with two attached hydrogens (primary N) is 1. The first kappa shape index (κ1) is 20.8. The monoisotopic (exact) mass is 398 g/mol. The third-order valence-corrected chi connectivity index (χ3v) is 7.44. The number of benzene rings is 1. The molecule has 0 spiro atoms. The summed E-state index contributed by atoms with van der Waals surface area (Å²) in [6.07, 6.45) is 3.86. The highest BCUT2D eigenvalue weighted by molar-refractivity contribution is 5.87. The van der Waals surface area contributed by atoms with Gasteiger partial charge < -0.3 is 16.4 Å². The van der Waals surface area contributed by atoms with E-state index in [1.165, 1.54) is 5.56 Å². The molecule has 1 aromatic rings. The molecule has 0 aromatic heterocycles. The first-order chi connectivity index (χ1) is 14.0. The van der Waals surface area contributed by atoms with Crippen LogP contribution in [0.5, 0.6) is 0 Å². The number of hydrogen-bond donors (Lipinski definition) is 3. The maximum atomic E-state index is 13.6. The van der Waals surface area contributed by atoms with Crippen LogP contribution >= 0.6 is 0 Å². The molecule has 4 bridgehead atoms. The molecule has 3 aliphatic heterocycles. The van der Waals surface area contributed by atoms with Gasteiger partial charge in [-0.3, -0.25) is 9.69 Å². The van der Waals surface area contributed by atoms with Crippen LogP contribution in [0.4, 0.5) is 0 Å². The number of carbonyl (C=O) groups excluding carboxylic acids is 1. The molecule has 5 nitrogen and oxygen atoms in total. The second kappa shape index (κ2) is 8.75. The molecule has 0 radical (unpaired) electrons. The number of hydrogen-bond acceptors (Lipinski definition) is 4. The second-order valence-electron chi connectivity index (χ2n) is 9.87. The number of unbranched alkanes of at least 4 members (excludes halogenated alkanes) is 1. The number of likely N-dealkylation sites (tertiary alicyclic amines) is 1. The fourth-order valence-electron chi connectivity index (χ4n) is 6.32. The van der Waals surface area contributed by atoms with Crippen LogP contribution in [0.3, 0.4) is 0 Å². The number of fused-ring (bicyclic) bond motifs is 1. The van der Waals surface area contributed by atoms with Gasteiger partial charge in [-0.1, -0.05) is 44.2 Å². The normalized spacial score (nSPS) is 33.4. The molecule has 4 aliphatic rings. The lowest BCUT2D eigenvalue weighted by molar-refractivity contribution is -0.138. The minimum absolute atomic E-state index is 0.218. The van der Waals surface area contributed by atoms with Gasteiger partial charge in [0.2, 0.25) is 5.91 Å². The lowest BCUT2D eigenvalue weighted by atomic mass is 9.58. The van der Waals surface area contributed by atoms with Gasteiger partial charge in [0, 0.05) is 38.1 Å². The lowest BCUT2D eigenvalue weighted by Crippen LogP contribution is -2.74. The van der Waals surface area contributed by atoms with E-state index in [-0.39, 0.29) is 5.91 Å². The SMILES string of the molecule is CC(C)CN1CC2CC3(C(=O)NCCCCN)NCC2C1C3Cc1ccccc1. The average Bonchev–Trinajstić information content (AvgIpc) is 3.01. The van der Waals surface area contributed by atoms with E-state index >= 15 is 0 Å². The molecular weight excluding hydrogens is 360 g/mol. The first-order valence-electron chi connectivity index (χ1n) is 11.6. The molecule has 4 N–H and O–H groups in total. The van der Waals surface area contributed by atoms with Crippen LogP contribution in [0, 0.1) is 23.7 Å². The zero-order valence-electron chi connectivity index (χ0n) is 18.1. The molecular formula is C24H38N4O. The summed E-state index contributed by atoms with van der Waals surface area (Å²) in [5.41, 5.74) is 6.53. The largest absolute Gasteiger partial charge is 0.354 e. The molecule has 3 heterocycles. The van der Waals surface area contributed by atoms with E-state index in [1.54, 1.807) is 0 Å². The van der Waals surface area contributed by atoms with Crippen molar-refractivity contribution in [3.05, 3.63) is 35.9 Å². The van der Waals surface area contributed by atoms with Gasteiger partial charge in [0.15, 0.2) is 0 Å². The summed E-state index contributed by atoms with van der Waals surface area (Å²) < 4.78 is 0. The summed E-state index contributed by atoms with van der Waals surface area (Å²) in [5, 5.41) is 7.02. The maximum Gasteiger partial charge on any atom is 0.240 e. The van der Waals surface area contributed by atoms with E-state index in [0.29, 0.717) is 36.3 Å². The highest BCUT2D eigenvalue weighted by Crippen LogP contribution is 2.52. The van der Waals surface area contributed by atoms with Gasteiger partial charge >= 0.3 is 0 Å². The Labute approximate surface area is 175 Å². The third kappa shape index (κ3) is 3.97. The van der Waals surface area contributed by atoms with Crippen molar-refractivity contribution in [2.45, 2.75) is 51.1 Å². The Morgan fingerprint density at radius 1 is 1.31 bits per heavy atom. The van der Waals surface area contributed by atoms with Gasteiger partial charge in [0.05, 0.1) is 0 Å². The van der Waals surface area contributed by atoms with Crippen molar-refractivity contribution < 1.29 is 4.79 Å². The quantitative estimate of drug-likeness (QED) is 0.557. The van der Waals surface area contributed by atoms with Crippen LogP contribution in [0.15, 0.2) is 30.3 Å². The Hall–Kier alpha value is -1.43. The summed E-state index contributed by atoms with van der Waals surface area (Å²) in [4.78, 5) is 16.3. The van der Waals surface area contributed by atoms with Crippen LogP contribution in [0.25, 0.3) is 0 Å². The van der Waals surface area contributed by atoms with E-state index in [1.807, 2.05) is 0 Å². The number of piperidine rings is 2. The van der Waals surface area contributed by atoms with Crippen LogP contribution in [0.1, 0.15) is 38.7 Å². The number of amides is 1. The molecule has 3 saturated heterocycles. The summed E-state index contributed by atoms with van der Waals surface area (Å²) in [6, 6.07) is 11.3. The molecule has 4 fully saturated rings. The average molecular weight is 399 g/mol. The van der Waals surface area contributed by atoms with Crippen LogP contribution < -0.4 is 16.4 Å². The zero-order valence-corrected chi connectivity index (χ0v) is 18.1. The van der Waals surface area contributed by atoms with Crippen molar-refractivity contribution in [1.29, 1.82) is 0 Å². The molecule has 5 atom stereocenters. The van der Waals surface area contributed by atoms with Gasteiger partial charge in [-0.2, -0.15) is 0 Å². The third-order valence-electron chi connectivity index (χ3n) is 7.44. The van der Waals surface area contributed by atoms with E-state index in [4.69, 9.17) is 5.73 Å². The van der Waals surface area contributed by atoms with Crippen LogP contribution in [0.2, 0.25) is 0 Å². The number of carbonyl (C=O) groups is 1. The Morgan fingerprint density at radius 3 is 2.83 bits per heavy atom. The molecule has 1 aromatic carbocycles. The smallest absolute Gasteiger partial charge is 0.240 e. The van der Waals surface area contributed by atoms with Crippen molar-refractivity contribution in [3.8, 4) is 0 Å². The molecule has 29 heavy (non-hydrogen) atoms. The van der Waals surface area contributed by atoms with E-state index in [9.17, 15) is 4.79 Å². The number of nitrogens with zero attached hydrogens (tertiary/aromatic N) is 1. The molecule has 5 heteroatoms. The number of rotatable bonds is 9. The molecule has 1 aliphatic carbocycles. The predicted molar refractivity (Wildman–Crippen MR) is 117 cm³/mol. The topological polar surface area (TPSA) is 70.4 Å². The van der Waals surface area contributed by atoms with Crippen molar-refractivity contribution in [1.82, 2.24) is 15.5 Å². The summed E-state index contributed by atoms with van der Waals surface area (Å²) in [7, 11) is 0. The van der Waals surface area contributed by atoms with Gasteiger partial charge in [0.1, 0.15) is 5.54 Å². The minimum Gasteiger partial charge on any atom is -0.354 e. The van der Waals surface area contributed by atoms with Crippen molar-refractivity contribution in [2.75, 3.05) is 32.7 Å². The molecule has 5 rings (SSSR count). The van der Waals surface area contributed by atoms with Gasteiger partial charge in [-0.05, 0) is 55.5 Å². The standard InChI is InChI=1S/C24H38N4O/c1-17(2)15-28-16-19-13-24(23(29)26-11-7-6-10-25)21(22(28)20(19)14-27-24)12-18-8-4-3-5-9-18/h3-5,8-9,17,19-22,27H,6-7,10-16,25H2,1-2H3,(H,26,29). The Kier molecular flexibility index (Phi) is 6.28. The van der Waals surface area contributed by atoms with Crippen LogP contribution in [-0.4, -0.2) is 55.1 Å². The van der Waals surface area contributed by atoms with E-state index < -0.39 is 5.54 Å². The molecule has 5 unspecified atom stereocenters. The van der Waals surface area contributed by atoms with Crippen molar-refractivity contribution >= 4 is 5.91 Å². The van der Waals surface area contributed by atoms with Gasteiger partial charge in [-0.25, -0.2) is 0 Å². The molecule has 160 valence electrons. The fraction of sp³-hybridized carbons (Fsp3) is 0.708. The van der Waals surface area contributed by atoms with Gasteiger partial charge in [0.25, 0.3) is 0 Å². The maximum absolute atomic E-state index is 13.6. The highest BCUT2D eigenvalue weighted by Gasteiger charge is 2.64. The van der Waals surface area contributed by atoms with Crippen LogP contribution in [-0.2, 0) is 11.2 Å². The lowest BCUT2D eigenvalue weighted by Gasteiger charge is -2.56. The first-order valence-corrected chi connectivity index (χ1v) is 11.6. The Bertz CT molecular complexity index is 693. The Morgan fingerprint density at radius 2 is 2.10 bits per heavy atom. The Balaban J connectivity index is 1.60. The zero-order chi connectivity index (χ0) is 20.4. The minimum atomic E-state index is -0.436. The summed E-state index contributed by atoms with van der Waals surface area (Å²) in [6.45, 7) is 9.30. The molecule has 1 amide bonds. The summed E-state index contributed by atoms with van der Waals surface area (Å²) >= 11 is 0. The summed E-state index contributed by atoms with van der Waals surface area (Å²) in [5.74, 6) is 2.50. The predicted octanol–water partition coefficient (Wildman–Crippen LogP) is 2.02. The second-order valence-corrected chi connectivity index (χ2v) is 9.87. The fourth-order valence-corrected chi connectivity index (χ4v) is 6.32.